The summed E-state index contributed by atoms with van der Waals surface area (Å²) in [6.45, 7) is 7.32. The molecule has 5 heteroatoms. The molecule has 2 N–H and O–H groups in total. The van der Waals surface area contributed by atoms with Crippen molar-refractivity contribution in [2.75, 3.05) is 30.5 Å². The molecular weight excluding hydrogens is 244 g/mol. The first-order valence-corrected chi connectivity index (χ1v) is 7.73. The summed E-state index contributed by atoms with van der Waals surface area (Å²) in [5, 5.41) is 7.22. The summed E-state index contributed by atoms with van der Waals surface area (Å²) in [6.07, 6.45) is 4.14. The van der Waals surface area contributed by atoms with E-state index in [0.29, 0.717) is 5.25 Å². The maximum absolute atomic E-state index is 4.55. The highest BCUT2D eigenvalue weighted by atomic mass is 32.2. The predicted molar refractivity (Wildman–Crippen MR) is 81.8 cm³/mol. The van der Waals surface area contributed by atoms with Crippen LogP contribution in [0, 0.1) is 6.92 Å². The number of aryl methyl sites for hydroxylation is 1. The standard InChI is InChI=1S/C13H24N4S/c1-6-11-16-12(14-4)10(3)13(17-11)15-8-7-9(2)18-5/h9H,6-8H2,1-5H3,(H2,14,15,16,17). The van der Waals surface area contributed by atoms with Crippen molar-refractivity contribution in [2.45, 2.75) is 38.9 Å². The van der Waals surface area contributed by atoms with Crippen LogP contribution >= 0.6 is 11.8 Å². The van der Waals surface area contributed by atoms with Gasteiger partial charge in [-0.1, -0.05) is 13.8 Å². The first kappa shape index (κ1) is 15.1. The third-order valence-electron chi connectivity index (χ3n) is 2.99. The van der Waals surface area contributed by atoms with E-state index in [0.717, 1.165) is 42.4 Å². The number of rotatable bonds is 7. The Morgan fingerprint density at radius 2 is 1.94 bits per heavy atom. The summed E-state index contributed by atoms with van der Waals surface area (Å²) >= 11 is 1.89. The van der Waals surface area contributed by atoms with Gasteiger partial charge < -0.3 is 10.6 Å². The quantitative estimate of drug-likeness (QED) is 0.796. The minimum Gasteiger partial charge on any atom is -0.373 e. The Labute approximate surface area is 114 Å². The molecule has 1 unspecified atom stereocenters. The molecule has 1 rings (SSSR count). The Kier molecular flexibility index (Phi) is 6.25. The zero-order valence-electron chi connectivity index (χ0n) is 12.0. The first-order chi connectivity index (χ1) is 8.62. The van der Waals surface area contributed by atoms with Gasteiger partial charge in [0.1, 0.15) is 17.5 Å². The molecule has 18 heavy (non-hydrogen) atoms. The lowest BCUT2D eigenvalue weighted by atomic mass is 10.2. The molecule has 0 fully saturated rings. The molecule has 4 nitrogen and oxygen atoms in total. The topological polar surface area (TPSA) is 49.8 Å². The molecule has 0 aliphatic rings. The van der Waals surface area contributed by atoms with Crippen LogP contribution in [0.1, 0.15) is 31.7 Å². The fourth-order valence-electron chi connectivity index (χ4n) is 1.65. The van der Waals surface area contributed by atoms with Crippen LogP contribution < -0.4 is 10.6 Å². The molecule has 0 aliphatic carbocycles. The minimum atomic E-state index is 0.675. The van der Waals surface area contributed by atoms with Crippen LogP contribution in [0.5, 0.6) is 0 Å². The molecule has 0 aliphatic heterocycles. The van der Waals surface area contributed by atoms with E-state index in [2.05, 4.69) is 40.7 Å². The average molecular weight is 268 g/mol. The Balaban J connectivity index is 2.74. The van der Waals surface area contributed by atoms with E-state index in [1.54, 1.807) is 0 Å². The zero-order chi connectivity index (χ0) is 13.5. The molecule has 0 saturated carbocycles. The second-order valence-corrected chi connectivity index (χ2v) is 5.60. The SMILES string of the molecule is CCc1nc(NC)c(C)c(NCCC(C)SC)n1. The van der Waals surface area contributed by atoms with Crippen molar-refractivity contribution in [1.82, 2.24) is 9.97 Å². The van der Waals surface area contributed by atoms with Crippen LogP contribution in [-0.2, 0) is 6.42 Å². The largest absolute Gasteiger partial charge is 0.373 e. The average Bonchev–Trinajstić information content (AvgIpc) is 2.40. The molecule has 1 heterocycles. The highest BCUT2D eigenvalue weighted by Crippen LogP contribution is 2.20. The summed E-state index contributed by atoms with van der Waals surface area (Å²) in [5.74, 6) is 2.76. The highest BCUT2D eigenvalue weighted by molar-refractivity contribution is 7.99. The molecule has 0 saturated heterocycles. The van der Waals surface area contributed by atoms with Crippen LogP contribution in [-0.4, -0.2) is 35.1 Å². The number of thioether (sulfide) groups is 1. The Morgan fingerprint density at radius 1 is 1.28 bits per heavy atom. The van der Waals surface area contributed by atoms with Gasteiger partial charge in [-0.3, -0.25) is 0 Å². The van der Waals surface area contributed by atoms with Gasteiger partial charge in [0.05, 0.1) is 0 Å². The number of hydrogen-bond acceptors (Lipinski definition) is 5. The molecule has 0 bridgehead atoms. The summed E-state index contributed by atoms with van der Waals surface area (Å²) < 4.78 is 0. The van der Waals surface area contributed by atoms with Crippen molar-refractivity contribution < 1.29 is 0 Å². The number of anilines is 2. The summed E-state index contributed by atoms with van der Waals surface area (Å²) in [4.78, 5) is 9.02. The van der Waals surface area contributed by atoms with Crippen molar-refractivity contribution in [2.24, 2.45) is 0 Å². The van der Waals surface area contributed by atoms with Gasteiger partial charge in [0, 0.05) is 30.8 Å². The van der Waals surface area contributed by atoms with E-state index >= 15 is 0 Å². The third-order valence-corrected chi connectivity index (χ3v) is 4.03. The maximum atomic E-state index is 4.55. The lowest BCUT2D eigenvalue weighted by molar-refractivity contribution is 0.842. The Bertz CT molecular complexity index is 381. The molecule has 1 atom stereocenters. The van der Waals surface area contributed by atoms with Gasteiger partial charge in [-0.25, -0.2) is 9.97 Å². The molecule has 0 spiro atoms. The zero-order valence-corrected chi connectivity index (χ0v) is 12.8. The van der Waals surface area contributed by atoms with Crippen LogP contribution in [0.4, 0.5) is 11.6 Å². The van der Waals surface area contributed by atoms with Crippen LogP contribution in [0.3, 0.4) is 0 Å². The van der Waals surface area contributed by atoms with E-state index in [1.807, 2.05) is 25.7 Å². The second kappa shape index (κ2) is 7.46. The fourth-order valence-corrected chi connectivity index (χ4v) is 2.00. The molecule has 1 aromatic rings. The van der Waals surface area contributed by atoms with E-state index in [9.17, 15) is 0 Å². The molecule has 0 aromatic carbocycles. The second-order valence-electron chi connectivity index (χ2n) is 4.33. The molecular formula is C13H24N4S. The van der Waals surface area contributed by atoms with Gasteiger partial charge >= 0.3 is 0 Å². The van der Waals surface area contributed by atoms with E-state index in [1.165, 1.54) is 0 Å². The first-order valence-electron chi connectivity index (χ1n) is 6.44. The van der Waals surface area contributed by atoms with E-state index < -0.39 is 0 Å². The van der Waals surface area contributed by atoms with Crippen molar-refractivity contribution in [3.05, 3.63) is 11.4 Å². The van der Waals surface area contributed by atoms with Gasteiger partial charge in [0.25, 0.3) is 0 Å². The number of aromatic nitrogens is 2. The predicted octanol–water partition coefficient (Wildman–Crippen LogP) is 2.94. The Hall–Kier alpha value is -0.970. The fraction of sp³-hybridized carbons (Fsp3) is 0.692. The minimum absolute atomic E-state index is 0.675. The van der Waals surface area contributed by atoms with Gasteiger partial charge in [0.2, 0.25) is 0 Å². The third kappa shape index (κ3) is 4.05. The number of nitrogens with zero attached hydrogens (tertiary/aromatic N) is 2. The maximum Gasteiger partial charge on any atom is 0.134 e. The molecule has 1 aromatic heterocycles. The van der Waals surface area contributed by atoms with Crippen molar-refractivity contribution in [3.63, 3.8) is 0 Å². The van der Waals surface area contributed by atoms with Crippen molar-refractivity contribution in [1.29, 1.82) is 0 Å². The summed E-state index contributed by atoms with van der Waals surface area (Å²) in [7, 11) is 1.90. The van der Waals surface area contributed by atoms with Gasteiger partial charge in [-0.2, -0.15) is 11.8 Å². The van der Waals surface area contributed by atoms with Crippen molar-refractivity contribution >= 4 is 23.4 Å². The van der Waals surface area contributed by atoms with Gasteiger partial charge in [-0.05, 0) is 19.6 Å². The van der Waals surface area contributed by atoms with Crippen molar-refractivity contribution in [3.8, 4) is 0 Å². The lowest BCUT2D eigenvalue weighted by Crippen LogP contribution is -2.12. The lowest BCUT2D eigenvalue weighted by Gasteiger charge is -2.14. The normalized spacial score (nSPS) is 12.3. The smallest absolute Gasteiger partial charge is 0.134 e. The monoisotopic (exact) mass is 268 g/mol. The van der Waals surface area contributed by atoms with Gasteiger partial charge in [-0.15, -0.1) is 0 Å². The molecule has 0 amide bonds. The van der Waals surface area contributed by atoms with Gasteiger partial charge in [0.15, 0.2) is 0 Å². The van der Waals surface area contributed by atoms with Crippen LogP contribution in [0.2, 0.25) is 0 Å². The van der Waals surface area contributed by atoms with E-state index in [4.69, 9.17) is 0 Å². The van der Waals surface area contributed by atoms with E-state index in [-0.39, 0.29) is 0 Å². The molecule has 102 valence electrons. The highest BCUT2D eigenvalue weighted by Gasteiger charge is 2.09. The summed E-state index contributed by atoms with van der Waals surface area (Å²) in [5.41, 5.74) is 1.09. The Morgan fingerprint density at radius 3 is 2.50 bits per heavy atom. The van der Waals surface area contributed by atoms with Crippen LogP contribution in [0.15, 0.2) is 0 Å². The summed E-state index contributed by atoms with van der Waals surface area (Å²) in [6, 6.07) is 0. The molecule has 0 radical (unpaired) electrons. The number of nitrogens with one attached hydrogen (secondary N) is 2. The van der Waals surface area contributed by atoms with Crippen LogP contribution in [0.25, 0.3) is 0 Å². The number of hydrogen-bond donors (Lipinski definition) is 2.